The van der Waals surface area contributed by atoms with Gasteiger partial charge in [-0.15, -0.1) is 0 Å². The number of nitrogens with zero attached hydrogens (tertiary/aromatic N) is 2. The van der Waals surface area contributed by atoms with Crippen LogP contribution in [0.15, 0.2) is 58.0 Å². The Morgan fingerprint density at radius 1 is 1.13 bits per heavy atom. The van der Waals surface area contributed by atoms with Gasteiger partial charge in [0, 0.05) is 16.1 Å². The predicted molar refractivity (Wildman–Crippen MR) is 117 cm³/mol. The number of hydrogen-bond acceptors (Lipinski definition) is 5. The lowest BCUT2D eigenvalue weighted by Crippen LogP contribution is -2.14. The van der Waals surface area contributed by atoms with Gasteiger partial charge in [0.05, 0.1) is 30.0 Å². The van der Waals surface area contributed by atoms with Crippen molar-refractivity contribution in [3.8, 4) is 11.1 Å². The topological polar surface area (TPSA) is 64.7 Å². The lowest BCUT2D eigenvalue weighted by Gasteiger charge is -2.13. The van der Waals surface area contributed by atoms with Gasteiger partial charge in [0.2, 0.25) is 0 Å². The molecule has 1 aliphatic rings. The molecule has 6 heteroatoms. The van der Waals surface area contributed by atoms with Crippen LogP contribution >= 0.6 is 11.6 Å². The smallest absolute Gasteiger partial charge is 0.308 e. The molecule has 1 atom stereocenters. The fraction of sp³-hybridized carbons (Fsp3) is 0.292. The molecule has 0 aliphatic carbocycles. The van der Waals surface area contributed by atoms with Gasteiger partial charge in [-0.2, -0.15) is 0 Å². The summed E-state index contributed by atoms with van der Waals surface area (Å²) in [5.74, 6) is 0.549. The van der Waals surface area contributed by atoms with E-state index < -0.39 is 6.04 Å². The SMILES string of the molecule is Cc1noc2c1-c1ccccc1C(c1ccc(Cl)cc1)=NC2CC(=O)OCC(C)C. The van der Waals surface area contributed by atoms with E-state index >= 15 is 0 Å². The largest absolute Gasteiger partial charge is 0.465 e. The lowest BCUT2D eigenvalue weighted by molar-refractivity contribution is -0.145. The normalized spacial score (nSPS) is 15.2. The van der Waals surface area contributed by atoms with Crippen molar-refractivity contribution in [3.05, 3.63) is 76.1 Å². The van der Waals surface area contributed by atoms with Crippen molar-refractivity contribution >= 4 is 23.3 Å². The summed E-state index contributed by atoms with van der Waals surface area (Å²) < 4.78 is 11.1. The van der Waals surface area contributed by atoms with E-state index in [9.17, 15) is 4.79 Å². The molecule has 0 spiro atoms. The van der Waals surface area contributed by atoms with Crippen LogP contribution in [0.4, 0.5) is 0 Å². The van der Waals surface area contributed by atoms with E-state index in [1.54, 1.807) is 0 Å². The Balaban J connectivity index is 1.83. The molecule has 1 aliphatic heterocycles. The number of carbonyl (C=O) groups is 1. The van der Waals surface area contributed by atoms with Crippen molar-refractivity contribution in [2.75, 3.05) is 6.61 Å². The molecule has 2 aromatic carbocycles. The molecule has 0 fully saturated rings. The Kier molecular flexibility index (Phi) is 5.73. The van der Waals surface area contributed by atoms with Gasteiger partial charge >= 0.3 is 5.97 Å². The van der Waals surface area contributed by atoms with E-state index in [4.69, 9.17) is 25.9 Å². The molecule has 154 valence electrons. The highest BCUT2D eigenvalue weighted by atomic mass is 35.5. The number of rotatable bonds is 5. The summed E-state index contributed by atoms with van der Waals surface area (Å²) in [5.41, 5.74) is 5.31. The van der Waals surface area contributed by atoms with Crippen molar-refractivity contribution in [1.82, 2.24) is 5.16 Å². The van der Waals surface area contributed by atoms with E-state index in [0.29, 0.717) is 17.4 Å². The minimum Gasteiger partial charge on any atom is -0.465 e. The maximum absolute atomic E-state index is 12.5. The average molecular weight is 423 g/mol. The number of ether oxygens (including phenoxy) is 1. The van der Waals surface area contributed by atoms with Gasteiger partial charge in [0.15, 0.2) is 5.76 Å². The summed E-state index contributed by atoms with van der Waals surface area (Å²) >= 11 is 6.09. The number of hydrogen-bond donors (Lipinski definition) is 0. The van der Waals surface area contributed by atoms with Gasteiger partial charge in [-0.3, -0.25) is 9.79 Å². The highest BCUT2D eigenvalue weighted by Gasteiger charge is 2.31. The molecule has 3 aromatic rings. The Morgan fingerprint density at radius 3 is 2.53 bits per heavy atom. The van der Waals surface area contributed by atoms with Gasteiger partial charge < -0.3 is 9.26 Å². The van der Waals surface area contributed by atoms with Crippen molar-refractivity contribution in [2.24, 2.45) is 10.9 Å². The zero-order valence-electron chi connectivity index (χ0n) is 17.2. The maximum Gasteiger partial charge on any atom is 0.308 e. The van der Waals surface area contributed by atoms with Gasteiger partial charge in [0.1, 0.15) is 6.04 Å². The number of halogens is 1. The average Bonchev–Trinajstić information content (AvgIpc) is 3.05. The summed E-state index contributed by atoms with van der Waals surface area (Å²) in [7, 11) is 0. The van der Waals surface area contributed by atoms with Crippen LogP contribution < -0.4 is 0 Å². The van der Waals surface area contributed by atoms with E-state index in [-0.39, 0.29) is 18.3 Å². The van der Waals surface area contributed by atoms with Crippen LogP contribution in [0.25, 0.3) is 11.1 Å². The van der Waals surface area contributed by atoms with Crippen molar-refractivity contribution in [3.63, 3.8) is 0 Å². The molecule has 0 bridgehead atoms. The zero-order valence-corrected chi connectivity index (χ0v) is 17.9. The highest BCUT2D eigenvalue weighted by Crippen LogP contribution is 2.40. The van der Waals surface area contributed by atoms with Gasteiger partial charge in [-0.05, 0) is 30.5 Å². The Bertz CT molecular complexity index is 1100. The fourth-order valence-electron chi connectivity index (χ4n) is 3.59. The number of carbonyl (C=O) groups excluding carboxylic acids is 1. The molecule has 0 N–H and O–H groups in total. The van der Waals surface area contributed by atoms with Crippen LogP contribution in [0.2, 0.25) is 5.02 Å². The van der Waals surface area contributed by atoms with E-state index in [1.165, 1.54) is 0 Å². The standard InChI is InChI=1S/C24H23ClN2O3/c1-14(2)13-29-21(28)12-20-24-22(15(3)27-30-24)18-6-4-5-7-19(18)23(26-20)16-8-10-17(25)11-9-16/h4-11,14,20H,12-13H2,1-3H3. The molecular formula is C24H23ClN2O3. The minimum absolute atomic E-state index is 0.0828. The molecule has 2 heterocycles. The molecular weight excluding hydrogens is 400 g/mol. The lowest BCUT2D eigenvalue weighted by atomic mass is 9.93. The van der Waals surface area contributed by atoms with Gasteiger partial charge in [-0.1, -0.05) is 67.0 Å². The van der Waals surface area contributed by atoms with Crippen LogP contribution in [0.5, 0.6) is 0 Å². The minimum atomic E-state index is -0.529. The van der Waals surface area contributed by atoms with Crippen LogP contribution in [0, 0.1) is 12.8 Å². The Hall–Kier alpha value is -2.92. The van der Waals surface area contributed by atoms with Crippen LogP contribution in [-0.4, -0.2) is 23.4 Å². The van der Waals surface area contributed by atoms with Gasteiger partial charge in [0.25, 0.3) is 0 Å². The Morgan fingerprint density at radius 2 is 1.83 bits per heavy atom. The van der Waals surface area contributed by atoms with Crippen molar-refractivity contribution < 1.29 is 14.1 Å². The van der Waals surface area contributed by atoms with Crippen molar-refractivity contribution in [2.45, 2.75) is 33.2 Å². The second-order valence-corrected chi connectivity index (χ2v) is 8.27. The summed E-state index contributed by atoms with van der Waals surface area (Å²) in [6, 6.07) is 15.0. The first kappa shape index (κ1) is 20.4. The summed E-state index contributed by atoms with van der Waals surface area (Å²) in [6.07, 6.45) is 0.0828. The third-order valence-electron chi connectivity index (χ3n) is 4.98. The number of fused-ring (bicyclic) bond motifs is 3. The van der Waals surface area contributed by atoms with E-state index in [2.05, 4.69) is 5.16 Å². The second-order valence-electron chi connectivity index (χ2n) is 7.83. The molecule has 0 saturated heterocycles. The summed E-state index contributed by atoms with van der Waals surface area (Å²) in [5, 5.41) is 4.82. The number of aliphatic imine (C=N–C) groups is 1. The molecule has 1 aromatic heterocycles. The van der Waals surface area contributed by atoms with E-state index in [1.807, 2.05) is 69.3 Å². The first-order valence-corrected chi connectivity index (χ1v) is 10.4. The third-order valence-corrected chi connectivity index (χ3v) is 5.24. The molecule has 0 saturated carbocycles. The Labute approximate surface area is 180 Å². The zero-order chi connectivity index (χ0) is 21.3. The van der Waals surface area contributed by atoms with Crippen molar-refractivity contribution in [1.29, 1.82) is 0 Å². The van der Waals surface area contributed by atoms with Crippen LogP contribution in [-0.2, 0) is 9.53 Å². The summed E-state index contributed by atoms with van der Waals surface area (Å²) in [4.78, 5) is 17.5. The molecule has 4 rings (SSSR count). The fourth-order valence-corrected chi connectivity index (χ4v) is 3.71. The molecule has 0 amide bonds. The predicted octanol–water partition coefficient (Wildman–Crippen LogP) is 5.78. The highest BCUT2D eigenvalue weighted by molar-refractivity contribution is 6.30. The first-order chi connectivity index (χ1) is 14.4. The number of aromatic nitrogens is 1. The third kappa shape index (κ3) is 4.03. The molecule has 0 radical (unpaired) electrons. The first-order valence-electron chi connectivity index (χ1n) is 9.99. The number of esters is 1. The second kappa shape index (κ2) is 8.44. The molecule has 1 unspecified atom stereocenters. The molecule has 30 heavy (non-hydrogen) atoms. The molecule has 5 nitrogen and oxygen atoms in total. The van der Waals surface area contributed by atoms with Crippen LogP contribution in [0.3, 0.4) is 0 Å². The summed E-state index contributed by atoms with van der Waals surface area (Å²) in [6.45, 7) is 6.29. The quantitative estimate of drug-likeness (QED) is 0.488. The van der Waals surface area contributed by atoms with Gasteiger partial charge in [-0.25, -0.2) is 0 Å². The monoisotopic (exact) mass is 422 g/mol. The van der Waals surface area contributed by atoms with E-state index in [0.717, 1.165) is 33.7 Å². The maximum atomic E-state index is 12.5. The number of benzene rings is 2. The number of aryl methyl sites for hydroxylation is 1. The van der Waals surface area contributed by atoms with Crippen LogP contribution in [0.1, 0.15) is 48.9 Å².